The van der Waals surface area contributed by atoms with Crippen molar-refractivity contribution in [3.63, 3.8) is 0 Å². The van der Waals surface area contributed by atoms with Crippen molar-refractivity contribution < 1.29 is 9.72 Å². The van der Waals surface area contributed by atoms with Gasteiger partial charge in [-0.05, 0) is 24.3 Å². The lowest BCUT2D eigenvalue weighted by Crippen LogP contribution is -2.27. The zero-order valence-corrected chi connectivity index (χ0v) is 13.2. The highest BCUT2D eigenvalue weighted by atomic mass is 16.6. The summed E-state index contributed by atoms with van der Waals surface area (Å²) in [5.41, 5.74) is 0.367. The molecule has 0 aliphatic rings. The van der Waals surface area contributed by atoms with Gasteiger partial charge in [-0.3, -0.25) is 24.3 Å². The molecule has 1 amide bonds. The molecule has 1 N–H and O–H groups in total. The highest BCUT2D eigenvalue weighted by molar-refractivity contribution is 5.91. The van der Waals surface area contributed by atoms with Crippen molar-refractivity contribution in [1.29, 1.82) is 5.26 Å². The fraction of sp³-hybridized carbons (Fsp3) is 0.0588. The smallest absolute Gasteiger partial charge is 0.271 e. The van der Waals surface area contributed by atoms with Crippen LogP contribution in [0.15, 0.2) is 53.6 Å². The summed E-state index contributed by atoms with van der Waals surface area (Å²) in [4.78, 5) is 38.8. The van der Waals surface area contributed by atoms with Gasteiger partial charge >= 0.3 is 0 Å². The summed E-state index contributed by atoms with van der Waals surface area (Å²) in [5.74, 6) is -0.467. The van der Waals surface area contributed by atoms with Crippen molar-refractivity contribution in [3.05, 3.63) is 74.8 Å². The third-order valence-electron chi connectivity index (χ3n) is 3.61. The summed E-state index contributed by atoms with van der Waals surface area (Å²) in [6, 6.07) is 12.1. The first-order valence-electron chi connectivity index (χ1n) is 7.41. The molecular weight excluding hydrogens is 338 g/mol. The Morgan fingerprint density at radius 2 is 2.12 bits per heavy atom. The van der Waals surface area contributed by atoms with Crippen LogP contribution in [-0.4, -0.2) is 20.4 Å². The molecular formula is C17H11N5O4. The highest BCUT2D eigenvalue weighted by Gasteiger charge is 2.12. The van der Waals surface area contributed by atoms with Gasteiger partial charge in [0.05, 0.1) is 33.8 Å². The van der Waals surface area contributed by atoms with Gasteiger partial charge in [-0.15, -0.1) is 0 Å². The molecule has 2 aromatic carbocycles. The van der Waals surface area contributed by atoms with Crippen LogP contribution in [0.1, 0.15) is 5.56 Å². The second kappa shape index (κ2) is 6.82. The Balaban J connectivity index is 1.84. The summed E-state index contributed by atoms with van der Waals surface area (Å²) in [7, 11) is 0. The minimum atomic E-state index is -0.574. The van der Waals surface area contributed by atoms with E-state index in [9.17, 15) is 19.7 Å². The number of hydrogen-bond donors (Lipinski definition) is 1. The Kier molecular flexibility index (Phi) is 4.40. The molecule has 0 aliphatic carbocycles. The maximum absolute atomic E-state index is 12.4. The number of amides is 1. The maximum Gasteiger partial charge on any atom is 0.271 e. The molecule has 0 fully saturated rings. The second-order valence-corrected chi connectivity index (χ2v) is 5.38. The third kappa shape index (κ3) is 3.39. The fourth-order valence-electron chi connectivity index (χ4n) is 2.39. The number of carbonyl (C=O) groups excluding carboxylic acids is 1. The van der Waals surface area contributed by atoms with Gasteiger partial charge in [0.25, 0.3) is 11.2 Å². The van der Waals surface area contributed by atoms with Crippen molar-refractivity contribution >= 4 is 28.2 Å². The molecule has 26 heavy (non-hydrogen) atoms. The number of aromatic nitrogens is 2. The van der Waals surface area contributed by atoms with Crippen molar-refractivity contribution in [2.24, 2.45) is 0 Å². The largest absolute Gasteiger partial charge is 0.324 e. The number of benzene rings is 2. The first kappa shape index (κ1) is 16.8. The molecule has 9 nitrogen and oxygen atoms in total. The van der Waals surface area contributed by atoms with E-state index < -0.39 is 16.4 Å². The molecule has 1 aromatic heterocycles. The SMILES string of the molecule is N#Cc1cccc(NC(=O)Cn2cnc3cc([N+](=O)[O-])ccc3c2=O)c1. The van der Waals surface area contributed by atoms with Crippen molar-refractivity contribution in [1.82, 2.24) is 9.55 Å². The lowest BCUT2D eigenvalue weighted by molar-refractivity contribution is -0.384. The lowest BCUT2D eigenvalue weighted by atomic mass is 10.2. The number of hydrogen-bond acceptors (Lipinski definition) is 6. The minimum absolute atomic E-state index is 0.169. The fourth-order valence-corrected chi connectivity index (χ4v) is 2.39. The number of carbonyl (C=O) groups is 1. The van der Waals surface area contributed by atoms with Crippen LogP contribution in [0.5, 0.6) is 0 Å². The first-order valence-corrected chi connectivity index (χ1v) is 7.41. The third-order valence-corrected chi connectivity index (χ3v) is 3.61. The molecule has 0 atom stereocenters. The van der Waals surface area contributed by atoms with Crippen LogP contribution in [0, 0.1) is 21.4 Å². The zero-order chi connectivity index (χ0) is 18.7. The van der Waals surface area contributed by atoms with E-state index in [1.165, 1.54) is 30.6 Å². The average molecular weight is 349 g/mol. The maximum atomic E-state index is 12.4. The second-order valence-electron chi connectivity index (χ2n) is 5.38. The predicted molar refractivity (Wildman–Crippen MR) is 92.4 cm³/mol. The van der Waals surface area contributed by atoms with E-state index in [-0.39, 0.29) is 23.1 Å². The molecule has 3 rings (SSSR count). The monoisotopic (exact) mass is 349 g/mol. The molecule has 0 bridgehead atoms. The van der Waals surface area contributed by atoms with E-state index in [4.69, 9.17) is 5.26 Å². The molecule has 128 valence electrons. The number of non-ortho nitro benzene ring substituents is 1. The summed E-state index contributed by atoms with van der Waals surface area (Å²) in [5, 5.41) is 22.4. The van der Waals surface area contributed by atoms with E-state index >= 15 is 0 Å². The van der Waals surface area contributed by atoms with Gasteiger partial charge in [0.1, 0.15) is 6.54 Å². The molecule has 0 aliphatic heterocycles. The summed E-state index contributed by atoms with van der Waals surface area (Å²) in [6.07, 6.45) is 1.17. The molecule has 0 radical (unpaired) electrons. The minimum Gasteiger partial charge on any atom is -0.324 e. The zero-order valence-electron chi connectivity index (χ0n) is 13.2. The van der Waals surface area contributed by atoms with E-state index in [1.807, 2.05) is 6.07 Å². The van der Waals surface area contributed by atoms with Crippen LogP contribution >= 0.6 is 0 Å². The number of nitrogens with zero attached hydrogens (tertiary/aromatic N) is 4. The average Bonchev–Trinajstić information content (AvgIpc) is 2.63. The molecule has 0 saturated carbocycles. The predicted octanol–water partition coefficient (Wildman–Crippen LogP) is 1.82. The molecule has 0 spiro atoms. The van der Waals surface area contributed by atoms with Crippen LogP contribution in [0.2, 0.25) is 0 Å². The van der Waals surface area contributed by atoms with E-state index in [2.05, 4.69) is 10.3 Å². The number of nitrogens with one attached hydrogen (secondary N) is 1. The Labute approximate surface area is 146 Å². The standard InChI is InChI=1S/C17H11N5O4/c18-8-11-2-1-3-12(6-11)20-16(23)9-21-10-19-15-7-13(22(25)26)4-5-14(15)17(21)24/h1-7,10H,9H2,(H,20,23). The van der Waals surface area contributed by atoms with Crippen molar-refractivity contribution in [2.75, 3.05) is 5.32 Å². The number of rotatable bonds is 4. The van der Waals surface area contributed by atoms with Crippen LogP contribution in [-0.2, 0) is 11.3 Å². The topological polar surface area (TPSA) is 131 Å². The Bertz CT molecular complexity index is 1130. The van der Waals surface area contributed by atoms with Gasteiger partial charge in [0.2, 0.25) is 5.91 Å². The molecule has 1 heterocycles. The lowest BCUT2D eigenvalue weighted by Gasteiger charge is -2.08. The number of nitriles is 1. The Morgan fingerprint density at radius 1 is 1.31 bits per heavy atom. The number of fused-ring (bicyclic) bond motifs is 1. The van der Waals surface area contributed by atoms with Gasteiger partial charge in [0.15, 0.2) is 0 Å². The van der Waals surface area contributed by atoms with Crippen molar-refractivity contribution in [2.45, 2.75) is 6.54 Å². The number of nitro groups is 1. The van der Waals surface area contributed by atoms with Gasteiger partial charge < -0.3 is 5.32 Å². The van der Waals surface area contributed by atoms with E-state index in [0.29, 0.717) is 11.3 Å². The van der Waals surface area contributed by atoms with Gasteiger partial charge in [-0.25, -0.2) is 4.98 Å². The number of anilines is 1. The normalized spacial score (nSPS) is 10.3. The van der Waals surface area contributed by atoms with Crippen molar-refractivity contribution in [3.8, 4) is 6.07 Å². The number of nitro benzene ring substituents is 1. The van der Waals surface area contributed by atoms with E-state index in [1.54, 1.807) is 18.2 Å². The quantitative estimate of drug-likeness (QED) is 0.564. The Hall–Kier alpha value is -4.06. The van der Waals surface area contributed by atoms with Gasteiger partial charge in [0, 0.05) is 17.8 Å². The van der Waals surface area contributed by atoms with Crippen LogP contribution in [0.3, 0.4) is 0 Å². The highest BCUT2D eigenvalue weighted by Crippen LogP contribution is 2.16. The molecule has 9 heteroatoms. The van der Waals surface area contributed by atoms with Gasteiger partial charge in [-0.1, -0.05) is 6.07 Å². The summed E-state index contributed by atoms with van der Waals surface area (Å²) in [6.45, 7) is -0.282. The van der Waals surface area contributed by atoms with Crippen LogP contribution < -0.4 is 10.9 Å². The van der Waals surface area contributed by atoms with E-state index in [0.717, 1.165) is 4.57 Å². The van der Waals surface area contributed by atoms with Gasteiger partial charge in [-0.2, -0.15) is 5.26 Å². The Morgan fingerprint density at radius 3 is 2.85 bits per heavy atom. The molecule has 0 saturated heterocycles. The molecule has 0 unspecified atom stereocenters. The molecule has 3 aromatic rings. The summed E-state index contributed by atoms with van der Waals surface area (Å²) >= 11 is 0. The van der Waals surface area contributed by atoms with Crippen LogP contribution in [0.4, 0.5) is 11.4 Å². The van der Waals surface area contributed by atoms with Crippen LogP contribution in [0.25, 0.3) is 10.9 Å². The summed E-state index contributed by atoms with van der Waals surface area (Å²) < 4.78 is 1.11. The first-order chi connectivity index (χ1) is 12.5.